The highest BCUT2D eigenvalue weighted by molar-refractivity contribution is 9.10. The molecule has 2 amide bonds. The summed E-state index contributed by atoms with van der Waals surface area (Å²) < 4.78 is 0.732. The number of benzene rings is 1. The molecule has 0 radical (unpaired) electrons. The van der Waals surface area contributed by atoms with Crippen LogP contribution in [0, 0.1) is 0 Å². The summed E-state index contributed by atoms with van der Waals surface area (Å²) in [4.78, 5) is 22.5. The van der Waals surface area contributed by atoms with Gasteiger partial charge in [-0.25, -0.2) is 0 Å². The molecule has 0 saturated carbocycles. The average molecular weight is 286 g/mol. The number of rotatable bonds is 3. The molecule has 0 aromatic heterocycles. The fourth-order valence-corrected chi connectivity index (χ4v) is 1.28. The highest BCUT2D eigenvalue weighted by Gasteiger charge is 2.08. The maximum absolute atomic E-state index is 11.6. The molecule has 0 heterocycles. The SMILES string of the molecule is CNC(=O)CNC(=O)c1ccc(Br)c(N)c1. The molecular formula is C10H12BrN3O2. The number of carbonyl (C=O) groups excluding carboxylic acids is 2. The zero-order chi connectivity index (χ0) is 12.1. The third-order valence-electron chi connectivity index (χ3n) is 1.95. The molecule has 0 aliphatic rings. The van der Waals surface area contributed by atoms with E-state index in [0.717, 1.165) is 4.47 Å². The van der Waals surface area contributed by atoms with Crippen molar-refractivity contribution in [1.29, 1.82) is 0 Å². The van der Waals surface area contributed by atoms with Crippen LogP contribution in [-0.2, 0) is 4.79 Å². The number of hydrogen-bond donors (Lipinski definition) is 3. The van der Waals surface area contributed by atoms with Crippen molar-refractivity contribution in [3.8, 4) is 0 Å². The lowest BCUT2D eigenvalue weighted by Gasteiger charge is -2.05. The molecule has 6 heteroatoms. The molecule has 1 aromatic carbocycles. The topological polar surface area (TPSA) is 84.2 Å². The molecule has 0 saturated heterocycles. The van der Waals surface area contributed by atoms with E-state index in [1.807, 2.05) is 0 Å². The van der Waals surface area contributed by atoms with Crippen molar-refractivity contribution >= 4 is 33.4 Å². The van der Waals surface area contributed by atoms with Crippen LogP contribution in [0.5, 0.6) is 0 Å². The maximum atomic E-state index is 11.6. The first kappa shape index (κ1) is 12.5. The minimum absolute atomic E-state index is 0.0503. The zero-order valence-electron chi connectivity index (χ0n) is 8.71. The molecule has 1 aromatic rings. The number of nitrogens with one attached hydrogen (secondary N) is 2. The first-order valence-corrected chi connectivity index (χ1v) is 5.37. The van der Waals surface area contributed by atoms with Crippen molar-refractivity contribution in [3.05, 3.63) is 28.2 Å². The van der Waals surface area contributed by atoms with E-state index in [1.165, 1.54) is 7.05 Å². The summed E-state index contributed by atoms with van der Waals surface area (Å²) in [6.45, 7) is -0.0503. The Hall–Kier alpha value is -1.56. The monoisotopic (exact) mass is 285 g/mol. The summed E-state index contributed by atoms with van der Waals surface area (Å²) in [5.74, 6) is -0.582. The summed E-state index contributed by atoms with van der Waals surface area (Å²) in [5, 5.41) is 4.88. The summed E-state index contributed by atoms with van der Waals surface area (Å²) >= 11 is 3.23. The Morgan fingerprint density at radius 2 is 2.12 bits per heavy atom. The van der Waals surface area contributed by atoms with Gasteiger partial charge in [-0.2, -0.15) is 0 Å². The fourth-order valence-electron chi connectivity index (χ4n) is 1.04. The lowest BCUT2D eigenvalue weighted by Crippen LogP contribution is -2.35. The molecular weight excluding hydrogens is 274 g/mol. The third kappa shape index (κ3) is 3.23. The minimum Gasteiger partial charge on any atom is -0.398 e. The highest BCUT2D eigenvalue weighted by atomic mass is 79.9. The molecule has 0 bridgehead atoms. The highest BCUT2D eigenvalue weighted by Crippen LogP contribution is 2.19. The Morgan fingerprint density at radius 3 is 2.69 bits per heavy atom. The molecule has 0 atom stereocenters. The van der Waals surface area contributed by atoms with Gasteiger partial charge >= 0.3 is 0 Å². The van der Waals surface area contributed by atoms with E-state index in [1.54, 1.807) is 18.2 Å². The average Bonchev–Trinajstić information content (AvgIpc) is 2.29. The van der Waals surface area contributed by atoms with E-state index < -0.39 is 0 Å². The maximum Gasteiger partial charge on any atom is 0.251 e. The van der Waals surface area contributed by atoms with Gasteiger partial charge in [-0.1, -0.05) is 0 Å². The summed E-state index contributed by atoms with van der Waals surface area (Å²) in [6, 6.07) is 4.85. The van der Waals surface area contributed by atoms with Crippen molar-refractivity contribution < 1.29 is 9.59 Å². The summed E-state index contributed by atoms with van der Waals surface area (Å²) in [5.41, 5.74) is 6.53. The Kier molecular flexibility index (Phi) is 4.30. The largest absolute Gasteiger partial charge is 0.398 e. The van der Waals surface area contributed by atoms with Crippen LogP contribution in [-0.4, -0.2) is 25.4 Å². The molecule has 16 heavy (non-hydrogen) atoms. The van der Waals surface area contributed by atoms with Crippen LogP contribution in [0.1, 0.15) is 10.4 Å². The number of halogens is 1. The summed E-state index contributed by atoms with van der Waals surface area (Å²) in [6.07, 6.45) is 0. The Morgan fingerprint density at radius 1 is 1.44 bits per heavy atom. The van der Waals surface area contributed by atoms with E-state index in [-0.39, 0.29) is 18.4 Å². The van der Waals surface area contributed by atoms with Gasteiger partial charge in [-0.05, 0) is 34.1 Å². The number of amides is 2. The number of anilines is 1. The molecule has 0 fully saturated rings. The first-order valence-electron chi connectivity index (χ1n) is 4.58. The van der Waals surface area contributed by atoms with Gasteiger partial charge < -0.3 is 16.4 Å². The van der Waals surface area contributed by atoms with Crippen molar-refractivity contribution in [3.63, 3.8) is 0 Å². The second kappa shape index (κ2) is 5.50. The normalized spacial score (nSPS) is 9.62. The van der Waals surface area contributed by atoms with Gasteiger partial charge in [0.1, 0.15) is 0 Å². The van der Waals surface area contributed by atoms with Crippen LogP contribution in [0.15, 0.2) is 22.7 Å². The van der Waals surface area contributed by atoms with Crippen LogP contribution in [0.2, 0.25) is 0 Å². The van der Waals surface area contributed by atoms with Gasteiger partial charge in [-0.3, -0.25) is 9.59 Å². The van der Waals surface area contributed by atoms with Crippen molar-refractivity contribution in [1.82, 2.24) is 10.6 Å². The lowest BCUT2D eigenvalue weighted by molar-refractivity contribution is -0.119. The number of carbonyl (C=O) groups is 2. The quantitative estimate of drug-likeness (QED) is 0.708. The van der Waals surface area contributed by atoms with Crippen molar-refractivity contribution in [2.45, 2.75) is 0 Å². The molecule has 1 rings (SSSR count). The molecule has 0 unspecified atom stereocenters. The Labute approximate surface area is 102 Å². The van der Waals surface area contributed by atoms with Gasteiger partial charge in [0.25, 0.3) is 5.91 Å². The minimum atomic E-state index is -0.331. The smallest absolute Gasteiger partial charge is 0.251 e. The molecule has 0 aliphatic carbocycles. The van der Waals surface area contributed by atoms with E-state index >= 15 is 0 Å². The molecule has 4 N–H and O–H groups in total. The summed E-state index contributed by atoms with van der Waals surface area (Å²) in [7, 11) is 1.51. The first-order chi connectivity index (χ1) is 7.54. The van der Waals surface area contributed by atoms with Gasteiger partial charge in [-0.15, -0.1) is 0 Å². The van der Waals surface area contributed by atoms with Crippen LogP contribution in [0.25, 0.3) is 0 Å². The number of likely N-dealkylation sites (N-methyl/N-ethyl adjacent to an activating group) is 1. The molecule has 0 aliphatic heterocycles. The van der Waals surface area contributed by atoms with Crippen LogP contribution >= 0.6 is 15.9 Å². The Balaban J connectivity index is 2.66. The van der Waals surface area contributed by atoms with Crippen LogP contribution in [0.3, 0.4) is 0 Å². The number of nitrogens with two attached hydrogens (primary N) is 1. The van der Waals surface area contributed by atoms with E-state index in [2.05, 4.69) is 26.6 Å². The van der Waals surface area contributed by atoms with Gasteiger partial charge in [0.2, 0.25) is 5.91 Å². The number of nitrogen functional groups attached to an aromatic ring is 1. The molecule has 86 valence electrons. The van der Waals surface area contributed by atoms with Gasteiger partial charge in [0.05, 0.1) is 6.54 Å². The second-order valence-corrected chi connectivity index (χ2v) is 3.95. The van der Waals surface area contributed by atoms with E-state index in [4.69, 9.17) is 5.73 Å². The molecule has 0 spiro atoms. The molecule has 5 nitrogen and oxygen atoms in total. The predicted molar refractivity (Wildman–Crippen MR) is 65.0 cm³/mol. The Bertz CT molecular complexity index is 421. The predicted octanol–water partition coefficient (Wildman–Crippen LogP) is 0.507. The number of hydrogen-bond acceptors (Lipinski definition) is 3. The van der Waals surface area contributed by atoms with E-state index in [9.17, 15) is 9.59 Å². The van der Waals surface area contributed by atoms with Gasteiger partial charge in [0, 0.05) is 22.8 Å². The second-order valence-electron chi connectivity index (χ2n) is 3.09. The zero-order valence-corrected chi connectivity index (χ0v) is 10.3. The standard InChI is InChI=1S/C10H12BrN3O2/c1-13-9(15)5-14-10(16)6-2-3-7(11)8(12)4-6/h2-4H,5,12H2,1H3,(H,13,15)(H,14,16). The third-order valence-corrected chi connectivity index (χ3v) is 2.67. The lowest BCUT2D eigenvalue weighted by atomic mass is 10.2. The van der Waals surface area contributed by atoms with E-state index in [0.29, 0.717) is 11.3 Å². The van der Waals surface area contributed by atoms with Gasteiger partial charge in [0.15, 0.2) is 0 Å². The van der Waals surface area contributed by atoms with Crippen molar-refractivity contribution in [2.75, 3.05) is 19.3 Å². The van der Waals surface area contributed by atoms with Crippen LogP contribution < -0.4 is 16.4 Å². The van der Waals surface area contributed by atoms with Crippen molar-refractivity contribution in [2.24, 2.45) is 0 Å². The fraction of sp³-hybridized carbons (Fsp3) is 0.200. The van der Waals surface area contributed by atoms with Crippen LogP contribution in [0.4, 0.5) is 5.69 Å².